The van der Waals surface area contributed by atoms with Gasteiger partial charge >= 0.3 is 12.4 Å². The summed E-state index contributed by atoms with van der Waals surface area (Å²) < 4.78 is 86.9. The molecule has 1 fully saturated rings. The van der Waals surface area contributed by atoms with E-state index in [0.717, 1.165) is 0 Å². The molecule has 4 heterocycles. The number of carbonyl (C=O) groups is 1. The second-order valence-corrected chi connectivity index (χ2v) is 9.55. The Bertz CT molecular complexity index is 1400. The summed E-state index contributed by atoms with van der Waals surface area (Å²) in [6.45, 7) is 1.85. The Morgan fingerprint density at radius 2 is 1.59 bits per heavy atom. The van der Waals surface area contributed by atoms with Crippen molar-refractivity contribution in [2.24, 2.45) is 0 Å². The second kappa shape index (κ2) is 10.6. The standard InChI is InChI=1S/C25H24F6N8O2/c1-37(23-32-10-14(13-40)11-33-23)12-18-34-19-21(38(18)2)35-20(36-22(19)39-3-5-41-6-4-39)15-7-16(24(26,27)28)9-17(8-15)25(29,30)31/h7-11,13,18,34H,3-6,12H2,1-2H3. The van der Waals surface area contributed by atoms with Gasteiger partial charge in [0.05, 0.1) is 36.4 Å². The van der Waals surface area contributed by atoms with Crippen LogP contribution < -0.4 is 20.0 Å². The Labute approximate surface area is 230 Å². The van der Waals surface area contributed by atoms with Gasteiger partial charge in [0.25, 0.3) is 0 Å². The summed E-state index contributed by atoms with van der Waals surface area (Å²) in [6.07, 6.45) is -7.09. The molecule has 41 heavy (non-hydrogen) atoms. The highest BCUT2D eigenvalue weighted by atomic mass is 19.4. The summed E-state index contributed by atoms with van der Waals surface area (Å²) in [5.41, 5.74) is -2.53. The molecule has 16 heteroatoms. The minimum absolute atomic E-state index is 0.0724. The molecule has 0 amide bonds. The summed E-state index contributed by atoms with van der Waals surface area (Å²) in [5.74, 6) is 0.698. The monoisotopic (exact) mass is 582 g/mol. The van der Waals surface area contributed by atoms with E-state index in [0.29, 0.717) is 80.1 Å². The number of likely N-dealkylation sites (N-methyl/N-ethyl adjacent to an activating group) is 2. The van der Waals surface area contributed by atoms with Gasteiger partial charge in [0, 0.05) is 45.1 Å². The fourth-order valence-electron chi connectivity index (χ4n) is 4.55. The van der Waals surface area contributed by atoms with Gasteiger partial charge in [-0.15, -0.1) is 0 Å². The number of anilines is 4. The molecular weight excluding hydrogens is 558 g/mol. The number of hydrogen-bond acceptors (Lipinski definition) is 10. The van der Waals surface area contributed by atoms with Crippen LogP contribution >= 0.6 is 0 Å². The van der Waals surface area contributed by atoms with E-state index in [1.807, 2.05) is 4.90 Å². The van der Waals surface area contributed by atoms with Crippen LogP contribution in [-0.4, -0.2) is 79.3 Å². The summed E-state index contributed by atoms with van der Waals surface area (Å²) in [6, 6.07) is 1.31. The Balaban J connectivity index is 1.55. The van der Waals surface area contributed by atoms with E-state index in [9.17, 15) is 31.1 Å². The normalized spacial score (nSPS) is 17.3. The van der Waals surface area contributed by atoms with Gasteiger partial charge in [-0.1, -0.05) is 0 Å². The topological polar surface area (TPSA) is 99.6 Å². The Morgan fingerprint density at radius 3 is 2.15 bits per heavy atom. The first-order valence-corrected chi connectivity index (χ1v) is 12.4. The highest BCUT2D eigenvalue weighted by Gasteiger charge is 2.38. The molecule has 2 aliphatic heterocycles. The van der Waals surface area contributed by atoms with Crippen molar-refractivity contribution >= 4 is 29.6 Å². The van der Waals surface area contributed by atoms with Crippen LogP contribution in [0.15, 0.2) is 30.6 Å². The molecule has 0 spiro atoms. The number of alkyl halides is 6. The van der Waals surface area contributed by atoms with Gasteiger partial charge in [-0.05, 0) is 18.2 Å². The van der Waals surface area contributed by atoms with E-state index < -0.39 is 35.2 Å². The molecule has 218 valence electrons. The predicted octanol–water partition coefficient (Wildman–Crippen LogP) is 3.94. The molecule has 2 aliphatic rings. The van der Waals surface area contributed by atoms with Gasteiger partial charge in [0.2, 0.25) is 5.95 Å². The average molecular weight is 583 g/mol. The number of hydrogen-bond donors (Lipinski definition) is 1. The zero-order valence-corrected chi connectivity index (χ0v) is 21.8. The van der Waals surface area contributed by atoms with Gasteiger partial charge in [0.15, 0.2) is 23.7 Å². The number of halogens is 6. The minimum atomic E-state index is -5.01. The lowest BCUT2D eigenvalue weighted by Gasteiger charge is -2.29. The van der Waals surface area contributed by atoms with Crippen LogP contribution in [0.4, 0.5) is 49.6 Å². The van der Waals surface area contributed by atoms with Crippen molar-refractivity contribution in [2.45, 2.75) is 18.5 Å². The van der Waals surface area contributed by atoms with E-state index in [1.165, 1.54) is 12.4 Å². The zero-order chi connectivity index (χ0) is 29.5. The average Bonchev–Trinajstić information content (AvgIpc) is 3.26. The van der Waals surface area contributed by atoms with E-state index in [1.54, 1.807) is 23.9 Å². The minimum Gasteiger partial charge on any atom is -0.378 e. The third-order valence-corrected chi connectivity index (χ3v) is 6.72. The molecule has 1 saturated heterocycles. The van der Waals surface area contributed by atoms with Crippen LogP contribution in [0.5, 0.6) is 0 Å². The van der Waals surface area contributed by atoms with E-state index in [4.69, 9.17) is 4.74 Å². The number of ether oxygens (including phenoxy) is 1. The molecule has 0 saturated carbocycles. The molecule has 1 unspecified atom stereocenters. The number of carbonyl (C=O) groups excluding carboxylic acids is 1. The number of nitrogens with one attached hydrogen (secondary N) is 1. The molecule has 2 aromatic heterocycles. The molecule has 1 N–H and O–H groups in total. The molecule has 5 rings (SSSR count). The van der Waals surface area contributed by atoms with Crippen molar-refractivity contribution in [2.75, 3.05) is 67.0 Å². The summed E-state index contributed by atoms with van der Waals surface area (Å²) in [5, 5.41) is 3.33. The van der Waals surface area contributed by atoms with E-state index in [-0.39, 0.29) is 11.9 Å². The lowest BCUT2D eigenvalue weighted by atomic mass is 10.0. The SMILES string of the molecule is CN(CC1Nc2c(N3CCOCC3)nc(-c3cc(C(F)(F)F)cc(C(F)(F)F)c3)nc2N1C)c1ncc(C=O)cn1. The predicted molar refractivity (Wildman–Crippen MR) is 137 cm³/mol. The summed E-state index contributed by atoms with van der Waals surface area (Å²) in [7, 11) is 3.43. The van der Waals surface area contributed by atoms with Gasteiger partial charge in [-0.25, -0.2) is 19.9 Å². The fraction of sp³-hybridized carbons (Fsp3) is 0.400. The number of aromatic nitrogens is 4. The molecule has 1 atom stereocenters. The highest BCUT2D eigenvalue weighted by molar-refractivity contribution is 5.85. The van der Waals surface area contributed by atoms with Crippen molar-refractivity contribution in [1.29, 1.82) is 0 Å². The number of morpholine rings is 1. The fourth-order valence-corrected chi connectivity index (χ4v) is 4.55. The molecule has 10 nitrogen and oxygen atoms in total. The third kappa shape index (κ3) is 5.82. The highest BCUT2D eigenvalue weighted by Crippen LogP contribution is 2.43. The van der Waals surface area contributed by atoms with Crippen LogP contribution in [0.2, 0.25) is 0 Å². The first-order valence-electron chi connectivity index (χ1n) is 12.4. The van der Waals surface area contributed by atoms with Crippen LogP contribution in [0, 0.1) is 0 Å². The van der Waals surface area contributed by atoms with Gasteiger partial charge in [0.1, 0.15) is 11.9 Å². The Morgan fingerprint density at radius 1 is 1.00 bits per heavy atom. The summed E-state index contributed by atoms with van der Waals surface area (Å²) in [4.78, 5) is 33.5. The van der Waals surface area contributed by atoms with Crippen molar-refractivity contribution < 1.29 is 35.9 Å². The molecule has 0 aliphatic carbocycles. The number of aldehydes is 1. The maximum absolute atomic E-state index is 13.6. The quantitative estimate of drug-likeness (QED) is 0.340. The Kier molecular flexibility index (Phi) is 7.35. The molecule has 3 aromatic rings. The van der Waals surface area contributed by atoms with Gasteiger partial charge < -0.3 is 24.8 Å². The smallest absolute Gasteiger partial charge is 0.378 e. The van der Waals surface area contributed by atoms with Crippen LogP contribution in [-0.2, 0) is 17.1 Å². The van der Waals surface area contributed by atoms with E-state index >= 15 is 0 Å². The van der Waals surface area contributed by atoms with Crippen LogP contribution in [0.25, 0.3) is 11.4 Å². The number of rotatable bonds is 6. The third-order valence-electron chi connectivity index (χ3n) is 6.72. The van der Waals surface area contributed by atoms with Crippen molar-refractivity contribution in [3.05, 3.63) is 47.3 Å². The maximum atomic E-state index is 13.6. The maximum Gasteiger partial charge on any atom is 0.416 e. The molecule has 0 radical (unpaired) electrons. The van der Waals surface area contributed by atoms with Crippen LogP contribution in [0.3, 0.4) is 0 Å². The molecular formula is C25H24F6N8O2. The second-order valence-electron chi connectivity index (χ2n) is 9.55. The van der Waals surface area contributed by atoms with Crippen molar-refractivity contribution in [1.82, 2.24) is 19.9 Å². The molecule has 0 bridgehead atoms. The zero-order valence-electron chi connectivity index (χ0n) is 21.8. The lowest BCUT2D eigenvalue weighted by Crippen LogP contribution is -2.43. The van der Waals surface area contributed by atoms with E-state index in [2.05, 4.69) is 25.3 Å². The number of nitrogens with zero attached hydrogens (tertiary/aromatic N) is 7. The lowest BCUT2D eigenvalue weighted by molar-refractivity contribution is -0.143. The Hall–Kier alpha value is -4.21. The number of benzene rings is 1. The largest absolute Gasteiger partial charge is 0.416 e. The summed E-state index contributed by atoms with van der Waals surface area (Å²) >= 11 is 0. The van der Waals surface area contributed by atoms with Crippen molar-refractivity contribution in [3.63, 3.8) is 0 Å². The van der Waals surface area contributed by atoms with Crippen molar-refractivity contribution in [3.8, 4) is 11.4 Å². The first kappa shape index (κ1) is 28.3. The van der Waals surface area contributed by atoms with Gasteiger partial charge in [-0.2, -0.15) is 26.3 Å². The first-order chi connectivity index (χ1) is 19.3. The van der Waals surface area contributed by atoms with Gasteiger partial charge in [-0.3, -0.25) is 4.79 Å². The number of fused-ring (bicyclic) bond motifs is 1. The van der Waals surface area contributed by atoms with Crippen LogP contribution in [0.1, 0.15) is 21.5 Å². The molecule has 1 aromatic carbocycles.